The zero-order valence-corrected chi connectivity index (χ0v) is 12.8. The van der Waals surface area contributed by atoms with E-state index in [4.69, 9.17) is 4.74 Å². The van der Waals surface area contributed by atoms with Gasteiger partial charge in [0.15, 0.2) is 0 Å². The van der Waals surface area contributed by atoms with Crippen LogP contribution in [0.25, 0.3) is 0 Å². The van der Waals surface area contributed by atoms with Crippen LogP contribution in [-0.2, 0) is 9.53 Å². The van der Waals surface area contributed by atoms with Crippen LogP contribution >= 0.6 is 0 Å². The van der Waals surface area contributed by atoms with Crippen molar-refractivity contribution >= 4 is 5.91 Å². The van der Waals surface area contributed by atoms with Gasteiger partial charge in [0, 0.05) is 25.7 Å². The third-order valence-electron chi connectivity index (χ3n) is 3.65. The van der Waals surface area contributed by atoms with Gasteiger partial charge >= 0.3 is 0 Å². The molecule has 2 unspecified atom stereocenters. The molecule has 0 bridgehead atoms. The molecule has 1 aromatic carbocycles. The molecular weight excluding hydrogens is 269 g/mol. The molecule has 0 aliphatic heterocycles. The molecule has 116 valence electrons. The second-order valence-corrected chi connectivity index (χ2v) is 6.08. The predicted molar refractivity (Wildman–Crippen MR) is 80.5 cm³/mol. The third-order valence-corrected chi connectivity index (χ3v) is 3.65. The predicted octanol–water partition coefficient (Wildman–Crippen LogP) is 3.11. The fourth-order valence-electron chi connectivity index (χ4n) is 2.44. The molecule has 1 fully saturated rings. The van der Waals surface area contributed by atoms with Crippen molar-refractivity contribution in [2.45, 2.75) is 32.6 Å². The Morgan fingerprint density at radius 2 is 2.19 bits per heavy atom. The van der Waals surface area contributed by atoms with Crippen molar-refractivity contribution in [3.63, 3.8) is 0 Å². The SMILES string of the molecule is CC(C)COCCCNC(=O)C1CC1c1ccccc1F. The van der Waals surface area contributed by atoms with Gasteiger partial charge in [-0.25, -0.2) is 4.39 Å². The highest BCUT2D eigenvalue weighted by molar-refractivity contribution is 5.82. The highest BCUT2D eigenvalue weighted by Crippen LogP contribution is 2.48. The number of carbonyl (C=O) groups excluding carboxylic acids is 1. The first kappa shape index (κ1) is 16.0. The molecular formula is C17H24FNO2. The second kappa shape index (κ2) is 7.55. The lowest BCUT2D eigenvalue weighted by Gasteiger charge is -2.08. The first-order valence-corrected chi connectivity index (χ1v) is 7.69. The first-order valence-electron chi connectivity index (χ1n) is 7.69. The standard InChI is InChI=1S/C17H24FNO2/c1-12(2)11-21-9-5-8-19-17(20)15-10-14(15)13-6-3-4-7-16(13)18/h3-4,6-7,12,14-15H,5,8-11H2,1-2H3,(H,19,20). The summed E-state index contributed by atoms with van der Waals surface area (Å²) < 4.78 is 19.1. The number of halogens is 1. The summed E-state index contributed by atoms with van der Waals surface area (Å²) >= 11 is 0. The maximum Gasteiger partial charge on any atom is 0.223 e. The Morgan fingerprint density at radius 1 is 1.43 bits per heavy atom. The van der Waals surface area contributed by atoms with Crippen LogP contribution < -0.4 is 5.32 Å². The molecule has 1 amide bonds. The Balaban J connectivity index is 1.64. The van der Waals surface area contributed by atoms with E-state index in [1.807, 2.05) is 6.07 Å². The lowest BCUT2D eigenvalue weighted by molar-refractivity contribution is -0.122. The second-order valence-electron chi connectivity index (χ2n) is 6.08. The Hall–Kier alpha value is -1.42. The molecule has 2 atom stereocenters. The Morgan fingerprint density at radius 3 is 2.90 bits per heavy atom. The quantitative estimate of drug-likeness (QED) is 0.748. The highest BCUT2D eigenvalue weighted by Gasteiger charge is 2.44. The maximum absolute atomic E-state index is 13.6. The van der Waals surface area contributed by atoms with E-state index in [0.29, 0.717) is 24.6 Å². The summed E-state index contributed by atoms with van der Waals surface area (Å²) in [6.07, 6.45) is 1.56. The fraction of sp³-hybridized carbons (Fsp3) is 0.588. The minimum absolute atomic E-state index is 0.0344. The van der Waals surface area contributed by atoms with E-state index in [1.165, 1.54) is 6.07 Å². The van der Waals surface area contributed by atoms with E-state index >= 15 is 0 Å². The topological polar surface area (TPSA) is 38.3 Å². The van der Waals surface area contributed by atoms with Gasteiger partial charge in [-0.3, -0.25) is 4.79 Å². The Bertz CT molecular complexity index is 476. The zero-order chi connectivity index (χ0) is 15.2. The summed E-state index contributed by atoms with van der Waals surface area (Å²) in [4.78, 5) is 12.0. The van der Waals surface area contributed by atoms with Crippen LogP contribution in [0.4, 0.5) is 4.39 Å². The van der Waals surface area contributed by atoms with Gasteiger partial charge in [0.2, 0.25) is 5.91 Å². The summed E-state index contributed by atoms with van der Waals surface area (Å²) in [6, 6.07) is 6.72. The van der Waals surface area contributed by atoms with Gasteiger partial charge in [-0.15, -0.1) is 0 Å². The number of ether oxygens (including phenoxy) is 1. The summed E-state index contributed by atoms with van der Waals surface area (Å²) in [5.41, 5.74) is 0.665. The molecule has 1 N–H and O–H groups in total. The van der Waals surface area contributed by atoms with Crippen LogP contribution in [0, 0.1) is 17.7 Å². The van der Waals surface area contributed by atoms with Crippen LogP contribution in [0.1, 0.15) is 38.2 Å². The minimum Gasteiger partial charge on any atom is -0.381 e. The average Bonchev–Trinajstić information content (AvgIpc) is 3.23. The molecule has 0 aromatic heterocycles. The van der Waals surface area contributed by atoms with Crippen LogP contribution in [-0.4, -0.2) is 25.7 Å². The molecule has 3 nitrogen and oxygen atoms in total. The van der Waals surface area contributed by atoms with Gasteiger partial charge in [0.05, 0.1) is 0 Å². The van der Waals surface area contributed by atoms with Gasteiger partial charge in [0.25, 0.3) is 0 Å². The van der Waals surface area contributed by atoms with Crippen molar-refractivity contribution in [2.24, 2.45) is 11.8 Å². The number of rotatable bonds is 8. The number of carbonyl (C=O) groups is 1. The molecule has 0 spiro atoms. The van der Waals surface area contributed by atoms with Crippen molar-refractivity contribution in [1.82, 2.24) is 5.32 Å². The lowest BCUT2D eigenvalue weighted by atomic mass is 10.1. The summed E-state index contributed by atoms with van der Waals surface area (Å²) in [7, 11) is 0. The van der Waals surface area contributed by atoms with E-state index in [-0.39, 0.29) is 23.6 Å². The van der Waals surface area contributed by atoms with E-state index in [0.717, 1.165) is 19.4 Å². The monoisotopic (exact) mass is 293 g/mol. The number of nitrogens with one attached hydrogen (secondary N) is 1. The van der Waals surface area contributed by atoms with Crippen molar-refractivity contribution < 1.29 is 13.9 Å². The largest absolute Gasteiger partial charge is 0.381 e. The Kier molecular flexibility index (Phi) is 5.74. The zero-order valence-electron chi connectivity index (χ0n) is 12.8. The van der Waals surface area contributed by atoms with Crippen molar-refractivity contribution in [3.8, 4) is 0 Å². The van der Waals surface area contributed by atoms with Crippen LogP contribution in [0.5, 0.6) is 0 Å². The number of hydrogen-bond donors (Lipinski definition) is 1. The van der Waals surface area contributed by atoms with Crippen molar-refractivity contribution in [2.75, 3.05) is 19.8 Å². The maximum atomic E-state index is 13.6. The molecule has 1 aliphatic rings. The number of amides is 1. The van der Waals surface area contributed by atoms with E-state index in [9.17, 15) is 9.18 Å². The van der Waals surface area contributed by atoms with Crippen molar-refractivity contribution in [3.05, 3.63) is 35.6 Å². The first-order chi connectivity index (χ1) is 10.1. The van der Waals surface area contributed by atoms with E-state index in [2.05, 4.69) is 19.2 Å². The van der Waals surface area contributed by atoms with Crippen LogP contribution in [0.3, 0.4) is 0 Å². The molecule has 0 radical (unpaired) electrons. The Labute approximate surface area is 125 Å². The molecule has 2 rings (SSSR count). The van der Waals surface area contributed by atoms with E-state index < -0.39 is 0 Å². The van der Waals surface area contributed by atoms with Crippen LogP contribution in [0.15, 0.2) is 24.3 Å². The lowest BCUT2D eigenvalue weighted by Crippen LogP contribution is -2.27. The van der Waals surface area contributed by atoms with Gasteiger partial charge in [-0.1, -0.05) is 32.0 Å². The smallest absolute Gasteiger partial charge is 0.223 e. The van der Waals surface area contributed by atoms with Crippen LogP contribution in [0.2, 0.25) is 0 Å². The number of hydrogen-bond acceptors (Lipinski definition) is 2. The molecule has 1 saturated carbocycles. The van der Waals surface area contributed by atoms with E-state index in [1.54, 1.807) is 12.1 Å². The fourth-order valence-corrected chi connectivity index (χ4v) is 2.44. The molecule has 0 heterocycles. The number of benzene rings is 1. The molecule has 4 heteroatoms. The normalized spacial score (nSPS) is 20.6. The molecule has 1 aromatic rings. The van der Waals surface area contributed by atoms with Crippen molar-refractivity contribution in [1.29, 1.82) is 0 Å². The molecule has 1 aliphatic carbocycles. The summed E-state index contributed by atoms with van der Waals surface area (Å²) in [5, 5.41) is 2.91. The molecule has 21 heavy (non-hydrogen) atoms. The minimum atomic E-state index is -0.208. The van der Waals surface area contributed by atoms with Gasteiger partial charge < -0.3 is 10.1 Å². The molecule has 0 saturated heterocycles. The summed E-state index contributed by atoms with van der Waals surface area (Å²) in [6.45, 7) is 6.26. The summed E-state index contributed by atoms with van der Waals surface area (Å²) in [5.74, 6) is 0.335. The highest BCUT2D eigenvalue weighted by atomic mass is 19.1. The van der Waals surface area contributed by atoms with Gasteiger partial charge in [0.1, 0.15) is 5.82 Å². The average molecular weight is 293 g/mol. The third kappa shape index (κ3) is 4.81. The van der Waals surface area contributed by atoms with Gasteiger partial charge in [-0.05, 0) is 36.3 Å². The van der Waals surface area contributed by atoms with Gasteiger partial charge in [-0.2, -0.15) is 0 Å².